The second-order valence-corrected chi connectivity index (χ2v) is 10.0. The zero-order valence-corrected chi connectivity index (χ0v) is 18.6. The number of rotatable bonds is 3. The lowest BCUT2D eigenvalue weighted by Gasteiger charge is -2.43. The summed E-state index contributed by atoms with van der Waals surface area (Å²) in [4.78, 5) is 18.6. The smallest absolute Gasteiger partial charge is 0.244 e. The molecule has 0 bridgehead atoms. The van der Waals surface area contributed by atoms with Gasteiger partial charge in [-0.1, -0.05) is 41.9 Å². The van der Waals surface area contributed by atoms with Gasteiger partial charge in [0.1, 0.15) is 0 Å². The van der Waals surface area contributed by atoms with Crippen LogP contribution in [0.15, 0.2) is 42.5 Å². The highest BCUT2D eigenvalue weighted by molar-refractivity contribution is 6.30. The Bertz CT molecular complexity index is 955. The molecule has 0 radical (unpaired) electrons. The summed E-state index contributed by atoms with van der Waals surface area (Å²) in [5, 5.41) is 4.31. The van der Waals surface area contributed by atoms with Gasteiger partial charge < -0.3 is 10.2 Å². The summed E-state index contributed by atoms with van der Waals surface area (Å²) in [5.74, 6) is 0.284. The molecule has 30 heavy (non-hydrogen) atoms. The molecule has 0 spiro atoms. The maximum Gasteiger partial charge on any atom is 0.244 e. The minimum absolute atomic E-state index is 0.0676. The lowest BCUT2D eigenvalue weighted by molar-refractivity contribution is -0.126. The van der Waals surface area contributed by atoms with Gasteiger partial charge in [0.15, 0.2) is 0 Å². The topological polar surface area (TPSA) is 35.6 Å². The predicted molar refractivity (Wildman–Crippen MR) is 122 cm³/mol. The van der Waals surface area contributed by atoms with E-state index in [1.54, 1.807) is 0 Å². The van der Waals surface area contributed by atoms with Crippen LogP contribution in [-0.4, -0.2) is 48.1 Å². The monoisotopic (exact) mass is 423 g/mol. The average molecular weight is 424 g/mol. The first-order valence-corrected chi connectivity index (χ1v) is 11.5. The summed E-state index contributed by atoms with van der Waals surface area (Å²) in [6.07, 6.45) is 3.71. The third kappa shape index (κ3) is 3.45. The number of carbonyl (C=O) groups excluding carboxylic acids is 1. The van der Waals surface area contributed by atoms with Crippen LogP contribution in [0, 0.1) is 0 Å². The third-order valence-electron chi connectivity index (χ3n) is 7.03. The van der Waals surface area contributed by atoms with Crippen LogP contribution >= 0.6 is 11.6 Å². The van der Waals surface area contributed by atoms with Crippen molar-refractivity contribution in [3.63, 3.8) is 0 Å². The number of halogens is 1. The Morgan fingerprint density at radius 3 is 2.70 bits per heavy atom. The van der Waals surface area contributed by atoms with Gasteiger partial charge in [-0.2, -0.15) is 0 Å². The van der Waals surface area contributed by atoms with Gasteiger partial charge in [0.2, 0.25) is 5.91 Å². The SMILES string of the molecule is CC1(C)Cc2cccc3c2N1C(=O)C(N1CCNCC1Cc1ccc(Cl)cc1)CC3. The maximum atomic E-state index is 14.0. The number of amides is 1. The Hall–Kier alpha value is -1.88. The zero-order chi connectivity index (χ0) is 20.9. The lowest BCUT2D eigenvalue weighted by Crippen LogP contribution is -2.61. The fraction of sp³-hybridized carbons (Fsp3) is 0.480. The second-order valence-electron chi connectivity index (χ2n) is 9.57. The molecule has 3 aliphatic rings. The molecule has 0 saturated carbocycles. The van der Waals surface area contributed by atoms with Crippen molar-refractivity contribution in [2.75, 3.05) is 24.5 Å². The van der Waals surface area contributed by atoms with Crippen LogP contribution in [0.5, 0.6) is 0 Å². The molecule has 1 fully saturated rings. The normalized spacial score (nSPS) is 25.8. The first-order valence-electron chi connectivity index (χ1n) is 11.1. The average Bonchev–Trinajstić information content (AvgIpc) is 2.90. The van der Waals surface area contributed by atoms with E-state index in [0.717, 1.165) is 50.3 Å². The van der Waals surface area contributed by atoms with Gasteiger partial charge in [-0.15, -0.1) is 0 Å². The van der Waals surface area contributed by atoms with Gasteiger partial charge in [-0.25, -0.2) is 0 Å². The summed E-state index contributed by atoms with van der Waals surface area (Å²) in [6.45, 7) is 7.17. The minimum Gasteiger partial charge on any atom is -0.314 e. The van der Waals surface area contributed by atoms with Crippen molar-refractivity contribution in [2.45, 2.75) is 57.2 Å². The van der Waals surface area contributed by atoms with Crippen molar-refractivity contribution in [3.8, 4) is 0 Å². The molecule has 0 aromatic heterocycles. The number of para-hydroxylation sites is 1. The van der Waals surface area contributed by atoms with E-state index >= 15 is 0 Å². The van der Waals surface area contributed by atoms with Crippen LogP contribution in [0.25, 0.3) is 0 Å². The number of carbonyl (C=O) groups is 1. The molecule has 3 heterocycles. The number of piperazine rings is 1. The molecule has 1 N–H and O–H groups in total. The molecule has 0 aliphatic carbocycles. The van der Waals surface area contributed by atoms with Crippen molar-refractivity contribution in [1.29, 1.82) is 0 Å². The van der Waals surface area contributed by atoms with E-state index in [2.05, 4.69) is 59.3 Å². The van der Waals surface area contributed by atoms with Crippen LogP contribution in [-0.2, 0) is 24.1 Å². The molecule has 2 atom stereocenters. The molecular formula is C25H30ClN3O. The number of anilines is 1. The Balaban J connectivity index is 1.45. The molecule has 3 aliphatic heterocycles. The quantitative estimate of drug-likeness (QED) is 0.814. The van der Waals surface area contributed by atoms with Crippen molar-refractivity contribution < 1.29 is 4.79 Å². The molecule has 2 unspecified atom stereocenters. The van der Waals surface area contributed by atoms with E-state index in [-0.39, 0.29) is 17.5 Å². The highest BCUT2D eigenvalue weighted by atomic mass is 35.5. The van der Waals surface area contributed by atoms with Gasteiger partial charge in [0, 0.05) is 36.2 Å². The zero-order valence-electron chi connectivity index (χ0n) is 17.8. The summed E-state index contributed by atoms with van der Waals surface area (Å²) in [5.41, 5.74) is 4.95. The van der Waals surface area contributed by atoms with E-state index in [9.17, 15) is 4.79 Å². The largest absolute Gasteiger partial charge is 0.314 e. The molecule has 2 aromatic carbocycles. The van der Waals surface area contributed by atoms with Crippen LogP contribution in [0.2, 0.25) is 5.02 Å². The summed E-state index contributed by atoms with van der Waals surface area (Å²) < 4.78 is 0. The Kier molecular flexibility index (Phi) is 5.12. The molecule has 4 nitrogen and oxygen atoms in total. The van der Waals surface area contributed by atoms with Crippen LogP contribution in [0.1, 0.15) is 37.0 Å². The van der Waals surface area contributed by atoms with E-state index in [1.807, 2.05) is 12.1 Å². The highest BCUT2D eigenvalue weighted by Gasteiger charge is 2.47. The predicted octanol–water partition coefficient (Wildman–Crippen LogP) is 3.84. The summed E-state index contributed by atoms with van der Waals surface area (Å²) >= 11 is 6.08. The molecule has 1 saturated heterocycles. The van der Waals surface area contributed by atoms with Crippen molar-refractivity contribution in [2.24, 2.45) is 0 Å². The molecule has 1 amide bonds. The van der Waals surface area contributed by atoms with Gasteiger partial charge in [0.05, 0.1) is 11.7 Å². The molecular weight excluding hydrogens is 394 g/mol. The van der Waals surface area contributed by atoms with Crippen LogP contribution in [0.4, 0.5) is 5.69 Å². The number of aryl methyl sites for hydroxylation is 1. The van der Waals surface area contributed by atoms with Gasteiger partial charge in [0.25, 0.3) is 0 Å². The first-order chi connectivity index (χ1) is 14.4. The van der Waals surface area contributed by atoms with Crippen LogP contribution in [0.3, 0.4) is 0 Å². The number of nitrogens with zero attached hydrogens (tertiary/aromatic N) is 2. The van der Waals surface area contributed by atoms with Gasteiger partial charge in [-0.3, -0.25) is 9.69 Å². The molecule has 2 aromatic rings. The number of benzene rings is 2. The van der Waals surface area contributed by atoms with Crippen molar-refractivity contribution in [1.82, 2.24) is 10.2 Å². The lowest BCUT2D eigenvalue weighted by atomic mass is 9.94. The number of nitrogens with one attached hydrogen (secondary N) is 1. The maximum absolute atomic E-state index is 14.0. The Morgan fingerprint density at radius 1 is 1.13 bits per heavy atom. The second kappa shape index (κ2) is 7.67. The molecule has 158 valence electrons. The standard InChI is InChI=1S/C25H30ClN3O/c1-25(2)15-19-5-3-4-18-8-11-22(24(30)29(25)23(18)19)28-13-12-27-16-21(28)14-17-6-9-20(26)10-7-17/h3-7,9-10,21-22,27H,8,11-16H2,1-2H3. The van der Waals surface area contributed by atoms with E-state index < -0.39 is 0 Å². The summed E-state index contributed by atoms with van der Waals surface area (Å²) in [7, 11) is 0. The fourth-order valence-electron chi connectivity index (χ4n) is 5.67. The molecule has 5 rings (SSSR count). The third-order valence-corrected chi connectivity index (χ3v) is 7.28. The Morgan fingerprint density at radius 2 is 1.90 bits per heavy atom. The number of hydrogen-bond donors (Lipinski definition) is 1. The highest BCUT2D eigenvalue weighted by Crippen LogP contribution is 2.44. The van der Waals surface area contributed by atoms with Crippen molar-refractivity contribution in [3.05, 3.63) is 64.2 Å². The van der Waals surface area contributed by atoms with E-state index in [0.29, 0.717) is 6.04 Å². The van der Waals surface area contributed by atoms with E-state index in [1.165, 1.54) is 22.4 Å². The molecule has 5 heteroatoms. The van der Waals surface area contributed by atoms with Gasteiger partial charge in [-0.05, 0) is 68.4 Å². The minimum atomic E-state index is -0.169. The Labute approximate surface area is 184 Å². The fourth-order valence-corrected chi connectivity index (χ4v) is 5.80. The summed E-state index contributed by atoms with van der Waals surface area (Å²) in [6, 6.07) is 14.9. The number of hydrogen-bond acceptors (Lipinski definition) is 3. The van der Waals surface area contributed by atoms with Crippen LogP contribution < -0.4 is 10.2 Å². The van der Waals surface area contributed by atoms with Gasteiger partial charge >= 0.3 is 0 Å². The van der Waals surface area contributed by atoms with Crippen molar-refractivity contribution >= 4 is 23.2 Å². The van der Waals surface area contributed by atoms with E-state index in [4.69, 9.17) is 11.6 Å². The first kappa shape index (κ1) is 20.0.